The first-order valence-corrected chi connectivity index (χ1v) is 13.7. The molecule has 1 atom stereocenters. The molecule has 0 aliphatic heterocycles. The fourth-order valence-electron chi connectivity index (χ4n) is 5.78. The molecule has 0 spiro atoms. The summed E-state index contributed by atoms with van der Waals surface area (Å²) in [6, 6.07) is 7.76. The number of aromatic nitrogens is 1. The van der Waals surface area contributed by atoms with E-state index in [1.165, 1.54) is 6.08 Å². The summed E-state index contributed by atoms with van der Waals surface area (Å²) in [5, 5.41) is 6.36. The zero-order chi connectivity index (χ0) is 27.7. The van der Waals surface area contributed by atoms with Crippen molar-refractivity contribution in [2.45, 2.75) is 71.4 Å². The van der Waals surface area contributed by atoms with Crippen molar-refractivity contribution in [3.63, 3.8) is 0 Å². The number of amides is 1. The first-order chi connectivity index (χ1) is 18.7. The van der Waals surface area contributed by atoms with Gasteiger partial charge in [0.1, 0.15) is 11.5 Å². The predicted molar refractivity (Wildman–Crippen MR) is 151 cm³/mol. The van der Waals surface area contributed by atoms with E-state index < -0.39 is 11.6 Å². The second-order valence-electron chi connectivity index (χ2n) is 11.1. The van der Waals surface area contributed by atoms with Crippen molar-refractivity contribution in [1.82, 2.24) is 15.6 Å². The zero-order valence-corrected chi connectivity index (χ0v) is 23.0. The topological polar surface area (TPSA) is 101 Å². The molecule has 39 heavy (non-hydrogen) atoms. The van der Waals surface area contributed by atoms with Gasteiger partial charge in [0.15, 0.2) is 0 Å². The third-order valence-corrected chi connectivity index (χ3v) is 8.10. The number of ketones is 2. The summed E-state index contributed by atoms with van der Waals surface area (Å²) >= 11 is 0. The number of hydrogen-bond donors (Lipinski definition) is 2. The maximum atomic E-state index is 13.4. The summed E-state index contributed by atoms with van der Waals surface area (Å²) in [6.07, 6.45) is 10.2. The average molecular weight is 526 g/mol. The van der Waals surface area contributed by atoms with Crippen LogP contribution in [0.3, 0.4) is 0 Å². The summed E-state index contributed by atoms with van der Waals surface area (Å²) in [5.74, 6) is 0.0340. The second-order valence-corrected chi connectivity index (χ2v) is 11.1. The second kappa shape index (κ2) is 10.7. The van der Waals surface area contributed by atoms with Gasteiger partial charge in [-0.05, 0) is 66.9 Å². The third kappa shape index (κ3) is 5.11. The lowest BCUT2D eigenvalue weighted by Gasteiger charge is -2.34. The van der Waals surface area contributed by atoms with Gasteiger partial charge in [0, 0.05) is 47.7 Å². The Morgan fingerprint density at radius 3 is 2.72 bits per heavy atom. The van der Waals surface area contributed by atoms with Gasteiger partial charge in [0.05, 0.1) is 12.1 Å². The van der Waals surface area contributed by atoms with Gasteiger partial charge in [-0.25, -0.2) is 0 Å². The van der Waals surface area contributed by atoms with Crippen LogP contribution in [0.15, 0.2) is 47.2 Å². The monoisotopic (exact) mass is 525 g/mol. The van der Waals surface area contributed by atoms with E-state index in [-0.39, 0.29) is 17.4 Å². The summed E-state index contributed by atoms with van der Waals surface area (Å²) in [7, 11) is 0. The van der Waals surface area contributed by atoms with Crippen LogP contribution in [0.5, 0.6) is 0 Å². The first-order valence-electron chi connectivity index (χ1n) is 13.7. The molecule has 5 rings (SSSR count). The molecule has 202 valence electrons. The molecule has 2 heterocycles. The Morgan fingerprint density at radius 1 is 1.18 bits per heavy atom. The van der Waals surface area contributed by atoms with Crippen LogP contribution in [0.4, 0.5) is 0 Å². The third-order valence-electron chi connectivity index (χ3n) is 8.10. The lowest BCUT2D eigenvalue weighted by molar-refractivity contribution is -0.116. The molecule has 7 nitrogen and oxygen atoms in total. The number of nitrogens with zero attached hydrogens (tertiary/aromatic N) is 1. The fraction of sp³-hybridized carbons (Fsp3) is 0.375. The normalized spacial score (nSPS) is 16.5. The molecule has 0 saturated heterocycles. The van der Waals surface area contributed by atoms with E-state index in [0.29, 0.717) is 41.3 Å². The van der Waals surface area contributed by atoms with Crippen molar-refractivity contribution in [3.8, 4) is 11.3 Å². The fourth-order valence-corrected chi connectivity index (χ4v) is 5.78. The summed E-state index contributed by atoms with van der Waals surface area (Å²) in [4.78, 5) is 43.0. The molecule has 3 aromatic rings. The summed E-state index contributed by atoms with van der Waals surface area (Å²) in [5.41, 5.74) is 5.30. The molecule has 2 N–H and O–H groups in total. The van der Waals surface area contributed by atoms with E-state index >= 15 is 0 Å². The molecule has 0 saturated carbocycles. The Bertz CT molecular complexity index is 1470. The van der Waals surface area contributed by atoms with E-state index in [2.05, 4.69) is 35.5 Å². The largest absolute Gasteiger partial charge is 0.459 e. The van der Waals surface area contributed by atoms with Gasteiger partial charge in [0.25, 0.3) is 0 Å². The Kier molecular flexibility index (Phi) is 7.36. The van der Waals surface area contributed by atoms with Gasteiger partial charge in [-0.3, -0.25) is 19.4 Å². The minimum Gasteiger partial charge on any atom is -0.459 e. The van der Waals surface area contributed by atoms with E-state index in [4.69, 9.17) is 4.42 Å². The van der Waals surface area contributed by atoms with Crippen LogP contribution in [0.25, 0.3) is 17.4 Å². The lowest BCUT2D eigenvalue weighted by atomic mass is 9.69. The summed E-state index contributed by atoms with van der Waals surface area (Å²) < 4.78 is 6.29. The van der Waals surface area contributed by atoms with Crippen molar-refractivity contribution in [2.24, 2.45) is 0 Å². The van der Waals surface area contributed by atoms with Crippen molar-refractivity contribution in [3.05, 3.63) is 81.9 Å². The lowest BCUT2D eigenvalue weighted by Crippen LogP contribution is -2.39. The Balaban J connectivity index is 1.32. The highest BCUT2D eigenvalue weighted by atomic mass is 16.3. The maximum Gasteiger partial charge on any atom is 0.244 e. The van der Waals surface area contributed by atoms with Gasteiger partial charge in [-0.2, -0.15) is 0 Å². The minimum atomic E-state index is -0.485. The molecule has 2 aliphatic rings. The van der Waals surface area contributed by atoms with Crippen LogP contribution in [-0.2, 0) is 23.2 Å². The van der Waals surface area contributed by atoms with Gasteiger partial charge in [-0.15, -0.1) is 0 Å². The van der Waals surface area contributed by atoms with E-state index in [1.807, 2.05) is 32.0 Å². The molecule has 1 unspecified atom stereocenters. The molecule has 7 heteroatoms. The van der Waals surface area contributed by atoms with Crippen LogP contribution in [0.1, 0.15) is 88.8 Å². The van der Waals surface area contributed by atoms with E-state index in [9.17, 15) is 14.4 Å². The quantitative estimate of drug-likeness (QED) is 0.304. The average Bonchev–Trinajstić information content (AvgIpc) is 3.26. The van der Waals surface area contributed by atoms with Crippen LogP contribution < -0.4 is 10.6 Å². The molecular weight excluding hydrogens is 490 g/mol. The molecule has 0 radical (unpaired) electrons. The van der Waals surface area contributed by atoms with E-state index in [1.54, 1.807) is 18.5 Å². The Labute approximate surface area is 229 Å². The van der Waals surface area contributed by atoms with Crippen LogP contribution in [0, 0.1) is 6.92 Å². The number of pyridine rings is 1. The molecule has 0 fully saturated rings. The Hall–Kier alpha value is -3.84. The molecular formula is C32H35N3O4. The van der Waals surface area contributed by atoms with Gasteiger partial charge < -0.3 is 15.1 Å². The van der Waals surface area contributed by atoms with Crippen molar-refractivity contribution < 1.29 is 18.8 Å². The highest BCUT2D eigenvalue weighted by Gasteiger charge is 2.40. The van der Waals surface area contributed by atoms with Gasteiger partial charge in [0.2, 0.25) is 17.5 Å². The number of rotatable bonds is 8. The summed E-state index contributed by atoms with van der Waals surface area (Å²) in [6.45, 7) is 9.09. The van der Waals surface area contributed by atoms with Crippen molar-refractivity contribution >= 4 is 23.5 Å². The highest BCUT2D eigenvalue weighted by molar-refractivity contribution is 6.53. The molecule has 2 aromatic heterocycles. The standard InChI is InChI=1S/C32H35N3O4/c1-5-21(17-35-26(36)13-10-20-8-7-15-33-16-20)34-18-25-19(2)27-29(37)30(38)28-22-9-6-14-32(3,4)24(22)12-11-23(28)31(27)39-25/h7-8,10-13,15-16,21,34H,5-6,9,14,17-18H2,1-4H3,(H,35,36)/b13-10+. The van der Waals surface area contributed by atoms with Crippen molar-refractivity contribution in [1.29, 1.82) is 0 Å². The molecule has 1 aromatic carbocycles. The van der Waals surface area contributed by atoms with Crippen LogP contribution in [-0.4, -0.2) is 35.0 Å². The molecule has 2 aliphatic carbocycles. The van der Waals surface area contributed by atoms with Crippen LogP contribution in [0.2, 0.25) is 0 Å². The minimum absolute atomic E-state index is 0.00106. The number of hydrogen-bond acceptors (Lipinski definition) is 6. The number of carbonyl (C=O) groups excluding carboxylic acids is 3. The van der Waals surface area contributed by atoms with Gasteiger partial charge >= 0.3 is 0 Å². The number of carbonyl (C=O) groups is 3. The van der Waals surface area contributed by atoms with Crippen LogP contribution >= 0.6 is 0 Å². The zero-order valence-electron chi connectivity index (χ0n) is 23.0. The number of Topliss-reactive ketones (excluding diaryl/α,β-unsaturated/α-hetero) is 2. The molecule has 1 amide bonds. The number of benzene rings is 1. The SMILES string of the molecule is CCC(CNC(=O)/C=C/c1cccnc1)NCc1oc2c(c1C)C(=O)C(=O)c1c-2ccc2c1CCCC2(C)C. The van der Waals surface area contributed by atoms with Crippen molar-refractivity contribution in [2.75, 3.05) is 6.54 Å². The van der Waals surface area contributed by atoms with Gasteiger partial charge in [-0.1, -0.05) is 39.0 Å². The molecule has 0 bridgehead atoms. The number of furan rings is 1. The smallest absolute Gasteiger partial charge is 0.244 e. The maximum absolute atomic E-state index is 13.4. The highest BCUT2D eigenvalue weighted by Crippen LogP contribution is 2.45. The number of nitrogens with one attached hydrogen (secondary N) is 2. The first kappa shape index (κ1) is 26.8. The Morgan fingerprint density at radius 2 is 1.97 bits per heavy atom. The van der Waals surface area contributed by atoms with E-state index in [0.717, 1.165) is 47.9 Å². The predicted octanol–water partition coefficient (Wildman–Crippen LogP) is 5.34. The number of fused-ring (bicyclic) bond motifs is 5.